The van der Waals surface area contributed by atoms with Crippen LogP contribution in [0.5, 0.6) is 0 Å². The standard InChI is InChI=1S/C30H23BrN2O3/c1-18-14-22(31)8-10-24(18)30(35)33-13-12-19-15-20(6-7-21(19)17-33)29(34)32-23-9-11-28-26(16-23)25-4-2-3-5-27(25)36-28/h2-11,14-16H,12-13,17H2,1H3,(H,32,34). The molecule has 0 fully saturated rings. The van der Waals surface area contributed by atoms with Gasteiger partial charge in [0.2, 0.25) is 0 Å². The Morgan fingerprint density at radius 1 is 0.889 bits per heavy atom. The highest BCUT2D eigenvalue weighted by atomic mass is 79.9. The molecule has 0 aliphatic carbocycles. The van der Waals surface area contributed by atoms with Gasteiger partial charge in [0, 0.05) is 45.1 Å². The molecule has 6 heteroatoms. The molecule has 1 aliphatic rings. The molecule has 0 saturated carbocycles. The Morgan fingerprint density at radius 3 is 2.58 bits per heavy atom. The van der Waals surface area contributed by atoms with Gasteiger partial charge in [0.05, 0.1) is 0 Å². The Bertz CT molecular complexity index is 1670. The molecule has 0 radical (unpaired) electrons. The molecular formula is C30H23BrN2O3. The third-order valence-electron chi connectivity index (χ3n) is 6.82. The predicted molar refractivity (Wildman–Crippen MR) is 145 cm³/mol. The topological polar surface area (TPSA) is 62.6 Å². The highest BCUT2D eigenvalue weighted by Crippen LogP contribution is 2.31. The quantitative estimate of drug-likeness (QED) is 0.266. The van der Waals surface area contributed by atoms with Crippen LogP contribution >= 0.6 is 15.9 Å². The lowest BCUT2D eigenvalue weighted by Gasteiger charge is -2.29. The molecule has 1 N–H and O–H groups in total. The smallest absolute Gasteiger partial charge is 0.255 e. The summed E-state index contributed by atoms with van der Waals surface area (Å²) >= 11 is 3.46. The van der Waals surface area contributed by atoms with Gasteiger partial charge in [-0.2, -0.15) is 0 Å². The van der Waals surface area contributed by atoms with Crippen molar-refractivity contribution in [3.05, 3.63) is 111 Å². The maximum Gasteiger partial charge on any atom is 0.255 e. The highest BCUT2D eigenvalue weighted by molar-refractivity contribution is 9.10. The molecule has 0 bridgehead atoms. The van der Waals surface area contributed by atoms with Gasteiger partial charge in [-0.05, 0) is 84.6 Å². The summed E-state index contributed by atoms with van der Waals surface area (Å²) in [5, 5.41) is 5.02. The number of furan rings is 1. The van der Waals surface area contributed by atoms with Gasteiger partial charge < -0.3 is 14.6 Å². The summed E-state index contributed by atoms with van der Waals surface area (Å²) in [6, 6.07) is 25.0. The fourth-order valence-corrected chi connectivity index (χ4v) is 5.39. The Kier molecular flexibility index (Phi) is 5.61. The lowest BCUT2D eigenvalue weighted by molar-refractivity contribution is 0.0733. The predicted octanol–water partition coefficient (Wildman–Crippen LogP) is 7.11. The first kappa shape index (κ1) is 22.6. The van der Waals surface area contributed by atoms with E-state index in [4.69, 9.17) is 4.42 Å². The molecule has 5 nitrogen and oxygen atoms in total. The van der Waals surface area contributed by atoms with E-state index >= 15 is 0 Å². The molecule has 178 valence electrons. The molecule has 0 saturated heterocycles. The van der Waals surface area contributed by atoms with Gasteiger partial charge in [0.15, 0.2) is 0 Å². The maximum atomic E-state index is 13.1. The minimum absolute atomic E-state index is 0.0367. The van der Waals surface area contributed by atoms with Crippen molar-refractivity contribution in [3.63, 3.8) is 0 Å². The van der Waals surface area contributed by atoms with Crippen molar-refractivity contribution in [1.29, 1.82) is 0 Å². The highest BCUT2D eigenvalue weighted by Gasteiger charge is 2.24. The van der Waals surface area contributed by atoms with Crippen molar-refractivity contribution in [2.45, 2.75) is 19.9 Å². The fourth-order valence-electron chi connectivity index (χ4n) is 4.91. The molecule has 2 amide bonds. The van der Waals surface area contributed by atoms with E-state index in [-0.39, 0.29) is 11.8 Å². The minimum Gasteiger partial charge on any atom is -0.456 e. The molecule has 0 unspecified atom stereocenters. The summed E-state index contributed by atoms with van der Waals surface area (Å²) in [6.07, 6.45) is 0.713. The molecular weight excluding hydrogens is 516 g/mol. The van der Waals surface area contributed by atoms with Crippen molar-refractivity contribution < 1.29 is 14.0 Å². The second-order valence-corrected chi connectivity index (χ2v) is 10.1. The number of carbonyl (C=O) groups excluding carboxylic acids is 2. The van der Waals surface area contributed by atoms with Crippen LogP contribution in [0.1, 0.15) is 37.4 Å². The summed E-state index contributed by atoms with van der Waals surface area (Å²) in [6.45, 7) is 3.11. The lowest BCUT2D eigenvalue weighted by atomic mass is 9.96. The third kappa shape index (κ3) is 4.07. The summed E-state index contributed by atoms with van der Waals surface area (Å²) in [7, 11) is 0. The van der Waals surface area contributed by atoms with E-state index in [1.165, 1.54) is 0 Å². The Morgan fingerprint density at radius 2 is 1.72 bits per heavy atom. The van der Waals surface area contributed by atoms with Gasteiger partial charge in [-0.1, -0.05) is 40.2 Å². The number of rotatable bonds is 3. The number of carbonyl (C=O) groups is 2. The summed E-state index contributed by atoms with van der Waals surface area (Å²) in [5.41, 5.74) is 6.80. The lowest BCUT2D eigenvalue weighted by Crippen LogP contribution is -2.36. The second kappa shape index (κ2) is 8.95. The third-order valence-corrected chi connectivity index (χ3v) is 7.31. The van der Waals surface area contributed by atoms with Crippen LogP contribution in [0.25, 0.3) is 21.9 Å². The molecule has 0 spiro atoms. The summed E-state index contributed by atoms with van der Waals surface area (Å²) in [4.78, 5) is 28.1. The SMILES string of the molecule is Cc1cc(Br)ccc1C(=O)N1CCc2cc(C(=O)Nc3ccc4oc5ccccc5c4c3)ccc2C1. The average molecular weight is 539 g/mol. The van der Waals surface area contributed by atoms with E-state index in [1.807, 2.05) is 90.7 Å². The number of nitrogens with zero attached hydrogens (tertiary/aromatic N) is 1. The van der Waals surface area contributed by atoms with Crippen LogP contribution < -0.4 is 5.32 Å². The van der Waals surface area contributed by atoms with E-state index in [2.05, 4.69) is 21.2 Å². The van der Waals surface area contributed by atoms with E-state index in [0.29, 0.717) is 25.1 Å². The number of amides is 2. The van der Waals surface area contributed by atoms with E-state index in [9.17, 15) is 9.59 Å². The van der Waals surface area contributed by atoms with Crippen molar-refractivity contribution in [2.75, 3.05) is 11.9 Å². The number of anilines is 1. The molecule has 6 rings (SSSR count). The number of hydrogen-bond acceptors (Lipinski definition) is 3. The van der Waals surface area contributed by atoms with Gasteiger partial charge in [-0.3, -0.25) is 9.59 Å². The number of nitrogens with one attached hydrogen (secondary N) is 1. The molecule has 5 aromatic rings. The summed E-state index contributed by atoms with van der Waals surface area (Å²) < 4.78 is 6.84. The first-order valence-corrected chi connectivity index (χ1v) is 12.7. The van der Waals surface area contributed by atoms with Crippen molar-refractivity contribution in [1.82, 2.24) is 4.90 Å². The van der Waals surface area contributed by atoms with Crippen LogP contribution in [0.4, 0.5) is 5.69 Å². The Labute approximate surface area is 216 Å². The first-order valence-electron chi connectivity index (χ1n) is 11.9. The van der Waals surface area contributed by atoms with Crippen LogP contribution in [-0.4, -0.2) is 23.3 Å². The second-order valence-electron chi connectivity index (χ2n) is 9.18. The molecule has 36 heavy (non-hydrogen) atoms. The van der Waals surface area contributed by atoms with Crippen LogP contribution in [-0.2, 0) is 13.0 Å². The average Bonchev–Trinajstić information content (AvgIpc) is 3.26. The Hall–Kier alpha value is -3.90. The van der Waals surface area contributed by atoms with Gasteiger partial charge in [-0.15, -0.1) is 0 Å². The van der Waals surface area contributed by atoms with Crippen LogP contribution in [0.15, 0.2) is 87.8 Å². The van der Waals surface area contributed by atoms with Crippen LogP contribution in [0, 0.1) is 6.92 Å². The normalized spacial score (nSPS) is 13.1. The Balaban J connectivity index is 1.20. The van der Waals surface area contributed by atoms with Crippen molar-refractivity contribution in [2.24, 2.45) is 0 Å². The molecule has 2 heterocycles. The zero-order valence-electron chi connectivity index (χ0n) is 19.7. The molecule has 4 aromatic carbocycles. The molecule has 1 aromatic heterocycles. The van der Waals surface area contributed by atoms with Crippen LogP contribution in [0.2, 0.25) is 0 Å². The number of halogens is 1. The fraction of sp³-hybridized carbons (Fsp3) is 0.133. The van der Waals surface area contributed by atoms with Gasteiger partial charge in [0.25, 0.3) is 11.8 Å². The minimum atomic E-state index is -0.158. The van der Waals surface area contributed by atoms with Gasteiger partial charge >= 0.3 is 0 Å². The number of benzene rings is 4. The van der Waals surface area contributed by atoms with E-state index < -0.39 is 0 Å². The van der Waals surface area contributed by atoms with Gasteiger partial charge in [0.1, 0.15) is 11.2 Å². The van der Waals surface area contributed by atoms with Crippen molar-refractivity contribution in [3.8, 4) is 0 Å². The van der Waals surface area contributed by atoms with Crippen molar-refractivity contribution >= 4 is 55.4 Å². The first-order chi connectivity index (χ1) is 17.5. The maximum absolute atomic E-state index is 13.1. The number of fused-ring (bicyclic) bond motifs is 4. The van der Waals surface area contributed by atoms with Crippen LogP contribution in [0.3, 0.4) is 0 Å². The number of aryl methyl sites for hydroxylation is 1. The molecule has 1 aliphatic heterocycles. The monoisotopic (exact) mass is 538 g/mol. The number of hydrogen-bond donors (Lipinski definition) is 1. The van der Waals surface area contributed by atoms with Gasteiger partial charge in [-0.25, -0.2) is 0 Å². The largest absolute Gasteiger partial charge is 0.456 e. The number of para-hydroxylation sites is 1. The van der Waals surface area contributed by atoms with E-state index in [1.54, 1.807) is 0 Å². The van der Waals surface area contributed by atoms with E-state index in [0.717, 1.165) is 54.4 Å². The zero-order valence-corrected chi connectivity index (χ0v) is 21.3. The summed E-state index contributed by atoms with van der Waals surface area (Å²) in [5.74, 6) is -0.122. The zero-order chi connectivity index (χ0) is 24.8. The molecule has 0 atom stereocenters.